The summed E-state index contributed by atoms with van der Waals surface area (Å²) in [5, 5.41) is 17.6. The van der Waals surface area contributed by atoms with E-state index in [1.165, 1.54) is 0 Å². The molecule has 7 heteroatoms. The lowest BCUT2D eigenvalue weighted by Gasteiger charge is -2.11. The highest BCUT2D eigenvalue weighted by molar-refractivity contribution is 9.08. The predicted molar refractivity (Wildman–Crippen MR) is 57.9 cm³/mol. The molecule has 1 heterocycles. The van der Waals surface area contributed by atoms with Gasteiger partial charge in [-0.3, -0.25) is 4.79 Å². The van der Waals surface area contributed by atoms with E-state index < -0.39 is 24.4 Å². The molecule has 0 aliphatic heterocycles. The first kappa shape index (κ1) is 13.5. The van der Waals surface area contributed by atoms with E-state index in [0.717, 1.165) is 6.20 Å². The van der Waals surface area contributed by atoms with Gasteiger partial charge in [0.05, 0.1) is 6.42 Å². The topological polar surface area (TPSA) is 74.0 Å². The number of hydrogen-bond donors (Lipinski definition) is 1. The minimum atomic E-state index is -2.82. The maximum atomic E-state index is 12.7. The SMILES string of the molecule is N#Cc1ncc(C(F)F)c(CC(=O)O)c1CBr. The Morgan fingerprint density at radius 1 is 1.59 bits per heavy atom. The molecule has 0 unspecified atom stereocenters. The van der Waals surface area contributed by atoms with Crippen molar-refractivity contribution in [3.63, 3.8) is 0 Å². The second kappa shape index (κ2) is 5.68. The maximum Gasteiger partial charge on any atom is 0.307 e. The summed E-state index contributed by atoms with van der Waals surface area (Å²) in [7, 11) is 0. The normalized spacial score (nSPS) is 10.3. The van der Waals surface area contributed by atoms with Crippen molar-refractivity contribution in [2.75, 3.05) is 0 Å². The molecule has 0 bridgehead atoms. The van der Waals surface area contributed by atoms with Gasteiger partial charge >= 0.3 is 5.97 Å². The second-order valence-corrected chi connectivity index (χ2v) is 3.70. The van der Waals surface area contributed by atoms with Crippen LogP contribution < -0.4 is 0 Å². The molecule has 0 atom stereocenters. The molecular weight excluding hydrogens is 298 g/mol. The molecule has 1 aromatic heterocycles. The van der Waals surface area contributed by atoms with Crippen molar-refractivity contribution in [1.82, 2.24) is 4.98 Å². The highest BCUT2D eigenvalue weighted by Gasteiger charge is 2.21. The van der Waals surface area contributed by atoms with E-state index in [1.54, 1.807) is 6.07 Å². The lowest BCUT2D eigenvalue weighted by molar-refractivity contribution is -0.136. The highest BCUT2D eigenvalue weighted by Crippen LogP contribution is 2.28. The van der Waals surface area contributed by atoms with E-state index >= 15 is 0 Å². The fraction of sp³-hybridized carbons (Fsp3) is 0.300. The highest BCUT2D eigenvalue weighted by atomic mass is 79.9. The zero-order valence-corrected chi connectivity index (χ0v) is 10.0. The molecule has 0 aromatic carbocycles. The Morgan fingerprint density at radius 2 is 2.24 bits per heavy atom. The van der Waals surface area contributed by atoms with Gasteiger partial charge in [0.2, 0.25) is 0 Å². The van der Waals surface area contributed by atoms with Crippen LogP contribution in [0, 0.1) is 11.3 Å². The molecule has 90 valence electrons. The summed E-state index contributed by atoms with van der Waals surface area (Å²) in [6.07, 6.45) is -2.52. The number of carboxylic acids is 1. The summed E-state index contributed by atoms with van der Waals surface area (Å²) >= 11 is 3.04. The van der Waals surface area contributed by atoms with Crippen LogP contribution in [0.15, 0.2) is 6.20 Å². The van der Waals surface area contributed by atoms with E-state index in [1.807, 2.05) is 0 Å². The Labute approximate surface area is 104 Å². The largest absolute Gasteiger partial charge is 0.481 e. The smallest absolute Gasteiger partial charge is 0.307 e. The number of alkyl halides is 3. The first-order chi connectivity index (χ1) is 8.01. The Kier molecular flexibility index (Phi) is 4.52. The molecule has 4 nitrogen and oxygen atoms in total. The fourth-order valence-corrected chi connectivity index (χ4v) is 2.00. The van der Waals surface area contributed by atoms with Crippen LogP contribution in [0.4, 0.5) is 8.78 Å². The lowest BCUT2D eigenvalue weighted by Crippen LogP contribution is -2.10. The number of aliphatic carboxylic acids is 1. The summed E-state index contributed by atoms with van der Waals surface area (Å²) in [6.45, 7) is 0. The van der Waals surface area contributed by atoms with E-state index in [4.69, 9.17) is 10.4 Å². The number of nitriles is 1. The van der Waals surface area contributed by atoms with Crippen LogP contribution in [0.1, 0.15) is 28.8 Å². The third-order valence-electron chi connectivity index (χ3n) is 2.13. The molecular formula is C10H7BrF2N2O2. The monoisotopic (exact) mass is 304 g/mol. The summed E-state index contributed by atoms with van der Waals surface area (Å²) in [5.74, 6) is -1.23. The standard InChI is InChI=1S/C10H7BrF2N2O2/c11-2-6-5(1-9(16)17)7(10(12)13)4-15-8(6)3-14/h4,10H,1-2H2,(H,16,17). The van der Waals surface area contributed by atoms with Gasteiger partial charge in [-0.2, -0.15) is 5.26 Å². The zero-order chi connectivity index (χ0) is 13.0. The lowest BCUT2D eigenvalue weighted by atomic mass is 10.00. The van der Waals surface area contributed by atoms with Crippen molar-refractivity contribution < 1.29 is 18.7 Å². The van der Waals surface area contributed by atoms with Crippen LogP contribution >= 0.6 is 15.9 Å². The van der Waals surface area contributed by atoms with E-state index in [2.05, 4.69) is 20.9 Å². The minimum Gasteiger partial charge on any atom is -0.481 e. The van der Waals surface area contributed by atoms with Crippen molar-refractivity contribution in [3.05, 3.63) is 28.6 Å². The number of nitrogens with zero attached hydrogens (tertiary/aromatic N) is 2. The van der Waals surface area contributed by atoms with Gasteiger partial charge in [0.1, 0.15) is 11.8 Å². The molecule has 17 heavy (non-hydrogen) atoms. The van der Waals surface area contributed by atoms with E-state index in [9.17, 15) is 13.6 Å². The van der Waals surface area contributed by atoms with Gasteiger partial charge in [0.25, 0.3) is 6.43 Å². The quantitative estimate of drug-likeness (QED) is 0.867. The Hall–Kier alpha value is -1.55. The third-order valence-corrected chi connectivity index (χ3v) is 2.69. The minimum absolute atomic E-state index is 0.0393. The van der Waals surface area contributed by atoms with Crippen LogP contribution in [0.3, 0.4) is 0 Å². The average Bonchev–Trinajstić information content (AvgIpc) is 2.27. The summed E-state index contributed by atoms with van der Waals surface area (Å²) in [5.41, 5.74) is -0.327. The summed E-state index contributed by atoms with van der Waals surface area (Å²) < 4.78 is 25.4. The molecule has 0 radical (unpaired) electrons. The molecule has 0 fully saturated rings. The summed E-state index contributed by atoms with van der Waals surface area (Å²) in [6, 6.07) is 1.75. The van der Waals surface area contributed by atoms with Crippen molar-refractivity contribution in [1.29, 1.82) is 5.26 Å². The number of hydrogen-bond acceptors (Lipinski definition) is 3. The van der Waals surface area contributed by atoms with Gasteiger partial charge in [-0.1, -0.05) is 15.9 Å². The van der Waals surface area contributed by atoms with Crippen LogP contribution in [-0.2, 0) is 16.5 Å². The molecule has 0 amide bonds. The van der Waals surface area contributed by atoms with Crippen LogP contribution in [-0.4, -0.2) is 16.1 Å². The molecule has 0 saturated carbocycles. The fourth-order valence-electron chi connectivity index (χ4n) is 1.40. The second-order valence-electron chi connectivity index (χ2n) is 3.14. The van der Waals surface area contributed by atoms with Crippen molar-refractivity contribution >= 4 is 21.9 Å². The number of pyridine rings is 1. The first-order valence-corrected chi connectivity index (χ1v) is 5.60. The predicted octanol–water partition coefficient (Wildman–Crippen LogP) is 2.41. The number of carbonyl (C=O) groups is 1. The van der Waals surface area contributed by atoms with Gasteiger partial charge in [0, 0.05) is 22.7 Å². The number of carboxylic acid groups (broad SMARTS) is 1. The van der Waals surface area contributed by atoms with Gasteiger partial charge < -0.3 is 5.11 Å². The Balaban J connectivity index is 3.45. The van der Waals surface area contributed by atoms with Gasteiger partial charge in [0.15, 0.2) is 0 Å². The number of halogens is 3. The van der Waals surface area contributed by atoms with Gasteiger partial charge in [-0.15, -0.1) is 0 Å². The Bertz CT molecular complexity index is 486. The van der Waals surface area contributed by atoms with Gasteiger partial charge in [-0.05, 0) is 5.56 Å². The van der Waals surface area contributed by atoms with Crippen LogP contribution in [0.5, 0.6) is 0 Å². The average molecular weight is 305 g/mol. The first-order valence-electron chi connectivity index (χ1n) is 4.47. The zero-order valence-electron chi connectivity index (χ0n) is 8.45. The number of aromatic nitrogens is 1. The van der Waals surface area contributed by atoms with Crippen molar-refractivity contribution in [2.45, 2.75) is 18.2 Å². The molecule has 0 aliphatic rings. The Morgan fingerprint density at radius 3 is 2.65 bits per heavy atom. The van der Waals surface area contributed by atoms with E-state index in [-0.39, 0.29) is 22.2 Å². The van der Waals surface area contributed by atoms with E-state index in [0.29, 0.717) is 0 Å². The van der Waals surface area contributed by atoms with Crippen LogP contribution in [0.25, 0.3) is 0 Å². The molecule has 0 aliphatic carbocycles. The van der Waals surface area contributed by atoms with Crippen molar-refractivity contribution in [3.8, 4) is 6.07 Å². The molecule has 0 spiro atoms. The molecule has 0 saturated heterocycles. The molecule has 1 aromatic rings. The van der Waals surface area contributed by atoms with Gasteiger partial charge in [-0.25, -0.2) is 13.8 Å². The molecule has 1 rings (SSSR count). The number of rotatable bonds is 4. The molecule has 1 N–H and O–H groups in total. The third kappa shape index (κ3) is 2.97. The van der Waals surface area contributed by atoms with Crippen molar-refractivity contribution in [2.24, 2.45) is 0 Å². The summed E-state index contributed by atoms with van der Waals surface area (Å²) in [4.78, 5) is 14.2. The maximum absolute atomic E-state index is 12.7. The van der Waals surface area contributed by atoms with Crippen LogP contribution in [0.2, 0.25) is 0 Å².